The minimum absolute atomic E-state index is 0.733. The molecule has 0 spiro atoms. The highest BCUT2D eigenvalue weighted by Gasteiger charge is 2.20. The summed E-state index contributed by atoms with van der Waals surface area (Å²) in [4.78, 5) is 4.78. The molecule has 1 aliphatic rings. The van der Waals surface area contributed by atoms with Gasteiger partial charge in [-0.1, -0.05) is 6.07 Å². The molecule has 0 amide bonds. The third-order valence-electron chi connectivity index (χ3n) is 3.61. The Morgan fingerprint density at radius 3 is 2.53 bits per heavy atom. The summed E-state index contributed by atoms with van der Waals surface area (Å²) in [6.07, 6.45) is 2.48. The minimum Gasteiger partial charge on any atom is -0.497 e. The van der Waals surface area contributed by atoms with E-state index in [1.807, 2.05) is 6.07 Å². The van der Waals surface area contributed by atoms with Gasteiger partial charge in [0.2, 0.25) is 0 Å². The Hall–Kier alpha value is -1.22. The zero-order valence-corrected chi connectivity index (χ0v) is 11.0. The molecule has 0 radical (unpaired) electrons. The lowest BCUT2D eigenvalue weighted by Gasteiger charge is -2.36. The molecular weight excluding hydrogens is 212 g/mol. The summed E-state index contributed by atoms with van der Waals surface area (Å²) in [6.45, 7) is 2.27. The fourth-order valence-electron chi connectivity index (χ4n) is 2.45. The van der Waals surface area contributed by atoms with Gasteiger partial charge in [-0.05, 0) is 39.1 Å². The van der Waals surface area contributed by atoms with E-state index >= 15 is 0 Å². The van der Waals surface area contributed by atoms with E-state index < -0.39 is 0 Å². The van der Waals surface area contributed by atoms with Crippen molar-refractivity contribution >= 4 is 5.69 Å². The molecule has 0 atom stereocenters. The summed E-state index contributed by atoms with van der Waals surface area (Å²) in [6, 6.07) is 9.08. The predicted molar refractivity (Wildman–Crippen MR) is 71.9 cm³/mol. The zero-order valence-electron chi connectivity index (χ0n) is 11.0. The van der Waals surface area contributed by atoms with Crippen molar-refractivity contribution in [2.75, 3.05) is 39.2 Å². The molecule has 1 heterocycles. The van der Waals surface area contributed by atoms with Crippen molar-refractivity contribution in [3.05, 3.63) is 24.3 Å². The van der Waals surface area contributed by atoms with Crippen LogP contribution >= 0.6 is 0 Å². The third kappa shape index (κ3) is 2.91. The average molecular weight is 234 g/mol. The van der Waals surface area contributed by atoms with Gasteiger partial charge in [-0.25, -0.2) is 0 Å². The lowest BCUT2D eigenvalue weighted by atomic mass is 10.0. The zero-order chi connectivity index (χ0) is 12.3. The second-order valence-electron chi connectivity index (χ2n) is 4.88. The van der Waals surface area contributed by atoms with Gasteiger partial charge in [0.05, 0.1) is 7.11 Å². The second kappa shape index (κ2) is 5.41. The van der Waals surface area contributed by atoms with Crippen molar-refractivity contribution < 1.29 is 4.74 Å². The first-order chi connectivity index (χ1) is 8.20. The van der Waals surface area contributed by atoms with E-state index in [1.165, 1.54) is 18.5 Å². The van der Waals surface area contributed by atoms with Crippen LogP contribution in [-0.2, 0) is 0 Å². The maximum atomic E-state index is 5.27. The number of rotatable bonds is 3. The summed E-state index contributed by atoms with van der Waals surface area (Å²) < 4.78 is 5.27. The molecule has 94 valence electrons. The van der Waals surface area contributed by atoms with Crippen molar-refractivity contribution in [3.63, 3.8) is 0 Å². The Morgan fingerprint density at radius 2 is 1.94 bits per heavy atom. The highest BCUT2D eigenvalue weighted by atomic mass is 16.5. The molecule has 1 aromatic carbocycles. The van der Waals surface area contributed by atoms with Crippen LogP contribution in [0.3, 0.4) is 0 Å². The SMILES string of the molecule is COc1cccc(N2CCC(N(C)C)CC2)c1. The quantitative estimate of drug-likeness (QED) is 0.797. The number of nitrogens with zero attached hydrogens (tertiary/aromatic N) is 2. The van der Waals surface area contributed by atoms with E-state index in [2.05, 4.69) is 42.1 Å². The predicted octanol–water partition coefficient (Wildman–Crippen LogP) is 2.23. The van der Waals surface area contributed by atoms with Crippen LogP contribution in [0.4, 0.5) is 5.69 Å². The van der Waals surface area contributed by atoms with Gasteiger partial charge in [-0.3, -0.25) is 0 Å². The van der Waals surface area contributed by atoms with Crippen LogP contribution in [0.15, 0.2) is 24.3 Å². The lowest BCUT2D eigenvalue weighted by molar-refractivity contribution is 0.249. The summed E-state index contributed by atoms with van der Waals surface area (Å²) in [5, 5.41) is 0. The molecule has 2 rings (SSSR count). The normalized spacial score (nSPS) is 17.5. The highest BCUT2D eigenvalue weighted by molar-refractivity contribution is 5.51. The van der Waals surface area contributed by atoms with Gasteiger partial charge >= 0.3 is 0 Å². The van der Waals surface area contributed by atoms with Gasteiger partial charge in [-0.15, -0.1) is 0 Å². The smallest absolute Gasteiger partial charge is 0.120 e. The van der Waals surface area contributed by atoms with Crippen LogP contribution in [0, 0.1) is 0 Å². The van der Waals surface area contributed by atoms with Crippen LogP contribution in [-0.4, -0.2) is 45.2 Å². The molecule has 1 aliphatic heterocycles. The minimum atomic E-state index is 0.733. The third-order valence-corrected chi connectivity index (χ3v) is 3.61. The maximum Gasteiger partial charge on any atom is 0.120 e. The first-order valence-corrected chi connectivity index (χ1v) is 6.26. The van der Waals surface area contributed by atoms with E-state index in [1.54, 1.807) is 7.11 Å². The topological polar surface area (TPSA) is 15.7 Å². The van der Waals surface area contributed by atoms with Crippen molar-refractivity contribution in [3.8, 4) is 5.75 Å². The Bertz CT molecular complexity index is 357. The number of benzene rings is 1. The molecular formula is C14H22N2O. The van der Waals surface area contributed by atoms with Crippen LogP contribution in [0.2, 0.25) is 0 Å². The molecule has 3 nitrogen and oxygen atoms in total. The molecule has 0 unspecified atom stereocenters. The van der Waals surface area contributed by atoms with Gasteiger partial charge < -0.3 is 14.5 Å². The number of methoxy groups -OCH3 is 1. The maximum absolute atomic E-state index is 5.27. The molecule has 0 N–H and O–H groups in total. The molecule has 1 saturated heterocycles. The van der Waals surface area contributed by atoms with Gasteiger partial charge in [-0.2, -0.15) is 0 Å². The molecule has 0 aromatic heterocycles. The molecule has 1 fully saturated rings. The fraction of sp³-hybridized carbons (Fsp3) is 0.571. The van der Waals surface area contributed by atoms with Crippen molar-refractivity contribution in [2.24, 2.45) is 0 Å². The van der Waals surface area contributed by atoms with Crippen LogP contribution in [0.25, 0.3) is 0 Å². The van der Waals surface area contributed by atoms with Crippen molar-refractivity contribution in [1.29, 1.82) is 0 Å². The fourth-order valence-corrected chi connectivity index (χ4v) is 2.45. The summed E-state index contributed by atoms with van der Waals surface area (Å²) in [5.74, 6) is 0.942. The number of hydrogen-bond acceptors (Lipinski definition) is 3. The molecule has 1 aromatic rings. The van der Waals surface area contributed by atoms with Gasteiger partial charge in [0, 0.05) is 30.9 Å². The monoisotopic (exact) mass is 234 g/mol. The first kappa shape index (κ1) is 12.2. The van der Waals surface area contributed by atoms with Crippen LogP contribution < -0.4 is 9.64 Å². The highest BCUT2D eigenvalue weighted by Crippen LogP contribution is 2.24. The first-order valence-electron chi connectivity index (χ1n) is 6.26. The average Bonchev–Trinajstić information content (AvgIpc) is 2.39. The van der Waals surface area contributed by atoms with Gasteiger partial charge in [0.25, 0.3) is 0 Å². The molecule has 0 aliphatic carbocycles. The Balaban J connectivity index is 2.00. The van der Waals surface area contributed by atoms with Crippen LogP contribution in [0.5, 0.6) is 5.75 Å². The van der Waals surface area contributed by atoms with Crippen molar-refractivity contribution in [2.45, 2.75) is 18.9 Å². The number of piperidine rings is 1. The molecule has 0 saturated carbocycles. The van der Waals surface area contributed by atoms with Gasteiger partial charge in [0.15, 0.2) is 0 Å². The largest absolute Gasteiger partial charge is 0.497 e. The number of anilines is 1. The van der Waals surface area contributed by atoms with E-state index in [0.717, 1.165) is 24.9 Å². The summed E-state index contributed by atoms with van der Waals surface area (Å²) in [5.41, 5.74) is 1.28. The number of ether oxygens (including phenoxy) is 1. The molecule has 17 heavy (non-hydrogen) atoms. The Kier molecular flexibility index (Phi) is 3.89. The van der Waals surface area contributed by atoms with E-state index in [4.69, 9.17) is 4.74 Å². The van der Waals surface area contributed by atoms with Gasteiger partial charge in [0.1, 0.15) is 5.75 Å². The standard InChI is InChI=1S/C14H22N2O/c1-15(2)12-7-9-16(10-8-12)13-5-4-6-14(11-13)17-3/h4-6,11-12H,7-10H2,1-3H3. The Labute approximate surface area is 104 Å². The van der Waals surface area contributed by atoms with E-state index in [9.17, 15) is 0 Å². The second-order valence-corrected chi connectivity index (χ2v) is 4.88. The van der Waals surface area contributed by atoms with Crippen LogP contribution in [0.1, 0.15) is 12.8 Å². The molecule has 0 bridgehead atoms. The molecule has 3 heteroatoms. The lowest BCUT2D eigenvalue weighted by Crippen LogP contribution is -2.41. The number of hydrogen-bond donors (Lipinski definition) is 0. The van der Waals surface area contributed by atoms with E-state index in [0.29, 0.717) is 0 Å². The van der Waals surface area contributed by atoms with E-state index in [-0.39, 0.29) is 0 Å². The van der Waals surface area contributed by atoms with Crippen molar-refractivity contribution in [1.82, 2.24) is 4.90 Å². The Morgan fingerprint density at radius 1 is 1.24 bits per heavy atom. The summed E-state index contributed by atoms with van der Waals surface area (Å²) in [7, 11) is 6.06. The summed E-state index contributed by atoms with van der Waals surface area (Å²) >= 11 is 0.